The number of ether oxygens (including phenoxy) is 1. The van der Waals surface area contributed by atoms with Crippen LogP contribution >= 0.6 is 11.6 Å². The van der Waals surface area contributed by atoms with E-state index in [0.717, 1.165) is 41.1 Å². The van der Waals surface area contributed by atoms with Gasteiger partial charge in [0.1, 0.15) is 17.6 Å². The highest BCUT2D eigenvalue weighted by Crippen LogP contribution is 2.39. The number of carbonyl (C=O) groups excluding carboxylic acids is 1. The summed E-state index contributed by atoms with van der Waals surface area (Å²) < 4.78 is 5.52. The van der Waals surface area contributed by atoms with Crippen molar-refractivity contribution in [3.05, 3.63) is 53.6 Å². The number of H-pyrrole nitrogens is 1. The normalized spacial score (nSPS) is 15.2. The van der Waals surface area contributed by atoms with E-state index in [4.69, 9.17) is 16.3 Å². The van der Waals surface area contributed by atoms with Gasteiger partial charge in [-0.3, -0.25) is 5.10 Å². The van der Waals surface area contributed by atoms with E-state index in [2.05, 4.69) is 20.2 Å². The molecule has 0 saturated carbocycles. The van der Waals surface area contributed by atoms with Gasteiger partial charge in [-0.1, -0.05) is 23.7 Å². The van der Waals surface area contributed by atoms with Crippen molar-refractivity contribution in [1.82, 2.24) is 25.1 Å². The number of likely N-dealkylation sites (tertiary alicyclic amines) is 1. The highest BCUT2D eigenvalue weighted by molar-refractivity contribution is 6.30. The fraction of sp³-hybridized carbons (Fsp3) is 0.391. The fourth-order valence-electron chi connectivity index (χ4n) is 3.84. The number of benzene rings is 1. The predicted molar refractivity (Wildman–Crippen MR) is 120 cm³/mol. The molecule has 4 rings (SSSR count). The maximum Gasteiger partial charge on any atom is 0.410 e. The van der Waals surface area contributed by atoms with Gasteiger partial charge in [0, 0.05) is 47.0 Å². The molecule has 1 aromatic carbocycles. The maximum atomic E-state index is 12.4. The number of carbonyl (C=O) groups is 1. The van der Waals surface area contributed by atoms with Crippen LogP contribution in [0.3, 0.4) is 0 Å². The van der Waals surface area contributed by atoms with Crippen LogP contribution in [0.1, 0.15) is 45.2 Å². The first-order valence-electron chi connectivity index (χ1n) is 10.4. The highest BCUT2D eigenvalue weighted by Gasteiger charge is 2.31. The van der Waals surface area contributed by atoms with Crippen LogP contribution in [-0.4, -0.2) is 49.8 Å². The van der Waals surface area contributed by atoms with Crippen LogP contribution in [0, 0.1) is 0 Å². The van der Waals surface area contributed by atoms with Crippen molar-refractivity contribution in [1.29, 1.82) is 0 Å². The number of nitrogens with zero attached hydrogens (tertiary/aromatic N) is 4. The molecular weight excluding hydrogens is 414 g/mol. The van der Waals surface area contributed by atoms with Crippen molar-refractivity contribution in [3.63, 3.8) is 0 Å². The molecule has 1 saturated heterocycles. The van der Waals surface area contributed by atoms with E-state index in [1.165, 1.54) is 0 Å². The van der Waals surface area contributed by atoms with E-state index in [9.17, 15) is 4.79 Å². The topological polar surface area (TPSA) is 84.0 Å². The standard InChI is InChI=1S/C23H26ClN5O2/c1-23(2,3)31-22(30)29-12-9-16(10-13-29)21-19(18-8-11-25-14-26-18)20(27-28-21)15-4-6-17(24)7-5-15/h4-8,11,14,16H,9-10,12-13H2,1-3H3,(H,27,28). The molecule has 0 atom stereocenters. The summed E-state index contributed by atoms with van der Waals surface area (Å²) in [6.07, 6.45) is 4.66. The number of halogens is 1. The molecule has 1 amide bonds. The van der Waals surface area contributed by atoms with E-state index < -0.39 is 5.60 Å². The third-order valence-electron chi connectivity index (χ3n) is 5.30. The minimum atomic E-state index is -0.495. The summed E-state index contributed by atoms with van der Waals surface area (Å²) >= 11 is 6.07. The fourth-order valence-corrected chi connectivity index (χ4v) is 3.97. The number of nitrogens with one attached hydrogen (secondary N) is 1. The molecular formula is C23H26ClN5O2. The molecule has 0 radical (unpaired) electrons. The lowest BCUT2D eigenvalue weighted by atomic mass is 9.89. The van der Waals surface area contributed by atoms with Crippen LogP contribution in [0.25, 0.3) is 22.5 Å². The quantitative estimate of drug-likeness (QED) is 0.598. The SMILES string of the molecule is CC(C)(C)OC(=O)N1CCC(c2[nH]nc(-c3ccc(Cl)cc3)c2-c2ccncn2)CC1. The summed E-state index contributed by atoms with van der Waals surface area (Å²) in [6.45, 7) is 6.92. The summed E-state index contributed by atoms with van der Waals surface area (Å²) in [5.41, 5.74) is 4.13. The smallest absolute Gasteiger partial charge is 0.410 e. The number of aromatic nitrogens is 4. The second kappa shape index (κ2) is 8.67. The molecule has 7 nitrogen and oxygen atoms in total. The van der Waals surface area contributed by atoms with Gasteiger partial charge in [-0.15, -0.1) is 0 Å². The Morgan fingerprint density at radius 1 is 1.16 bits per heavy atom. The Hall–Kier alpha value is -2.93. The minimum Gasteiger partial charge on any atom is -0.444 e. The minimum absolute atomic E-state index is 0.234. The molecule has 0 spiro atoms. The monoisotopic (exact) mass is 439 g/mol. The van der Waals surface area contributed by atoms with Crippen LogP contribution in [0.5, 0.6) is 0 Å². The van der Waals surface area contributed by atoms with E-state index in [1.807, 2.05) is 51.1 Å². The van der Waals surface area contributed by atoms with Gasteiger partial charge in [-0.25, -0.2) is 14.8 Å². The molecule has 162 valence electrons. The van der Waals surface area contributed by atoms with Gasteiger partial charge < -0.3 is 9.64 Å². The third-order valence-corrected chi connectivity index (χ3v) is 5.56. The average molecular weight is 440 g/mol. The van der Waals surface area contributed by atoms with Crippen molar-refractivity contribution in [2.45, 2.75) is 45.1 Å². The molecule has 1 aliphatic heterocycles. The predicted octanol–water partition coefficient (Wildman–Crippen LogP) is 5.30. The lowest BCUT2D eigenvalue weighted by Gasteiger charge is -2.33. The zero-order valence-corrected chi connectivity index (χ0v) is 18.7. The molecule has 3 aromatic rings. The summed E-state index contributed by atoms with van der Waals surface area (Å²) in [4.78, 5) is 22.7. The first kappa shape index (κ1) is 21.3. The van der Waals surface area contributed by atoms with Gasteiger partial charge in [0.25, 0.3) is 0 Å². The Kier molecular flexibility index (Phi) is 5.96. The van der Waals surface area contributed by atoms with Gasteiger partial charge in [0.05, 0.1) is 5.69 Å². The molecule has 0 bridgehead atoms. The van der Waals surface area contributed by atoms with E-state index in [-0.39, 0.29) is 12.0 Å². The Morgan fingerprint density at radius 2 is 1.87 bits per heavy atom. The van der Waals surface area contributed by atoms with Crippen LogP contribution < -0.4 is 0 Å². The van der Waals surface area contributed by atoms with E-state index >= 15 is 0 Å². The lowest BCUT2D eigenvalue weighted by Crippen LogP contribution is -2.41. The summed E-state index contributed by atoms with van der Waals surface area (Å²) in [5.74, 6) is 0.234. The van der Waals surface area contributed by atoms with Crippen LogP contribution in [-0.2, 0) is 4.74 Å². The number of hydrogen-bond donors (Lipinski definition) is 1. The zero-order valence-electron chi connectivity index (χ0n) is 17.9. The molecule has 1 aliphatic rings. The molecule has 0 unspecified atom stereocenters. The van der Waals surface area contributed by atoms with Crippen LogP contribution in [0.15, 0.2) is 42.9 Å². The first-order chi connectivity index (χ1) is 14.8. The summed E-state index contributed by atoms with van der Waals surface area (Å²) in [5, 5.41) is 8.57. The Morgan fingerprint density at radius 3 is 2.48 bits per heavy atom. The Balaban J connectivity index is 1.61. The third kappa shape index (κ3) is 4.88. The van der Waals surface area contributed by atoms with Gasteiger partial charge in [-0.05, 0) is 51.8 Å². The highest BCUT2D eigenvalue weighted by atomic mass is 35.5. The molecule has 1 N–H and O–H groups in total. The van der Waals surface area contributed by atoms with Crippen molar-refractivity contribution in [2.75, 3.05) is 13.1 Å². The van der Waals surface area contributed by atoms with Crippen molar-refractivity contribution < 1.29 is 9.53 Å². The summed E-state index contributed by atoms with van der Waals surface area (Å²) in [7, 11) is 0. The molecule has 31 heavy (non-hydrogen) atoms. The van der Waals surface area contributed by atoms with Crippen LogP contribution in [0.2, 0.25) is 5.02 Å². The Bertz CT molecular complexity index is 1040. The second-order valence-electron chi connectivity index (χ2n) is 8.70. The maximum absolute atomic E-state index is 12.4. The van der Waals surface area contributed by atoms with E-state index in [1.54, 1.807) is 17.4 Å². The molecule has 8 heteroatoms. The van der Waals surface area contributed by atoms with Gasteiger partial charge >= 0.3 is 6.09 Å². The second-order valence-corrected chi connectivity index (χ2v) is 9.14. The number of amides is 1. The zero-order chi connectivity index (χ0) is 22.0. The number of rotatable bonds is 3. The van der Waals surface area contributed by atoms with Gasteiger partial charge in [0.15, 0.2) is 0 Å². The van der Waals surface area contributed by atoms with Crippen molar-refractivity contribution >= 4 is 17.7 Å². The van der Waals surface area contributed by atoms with Crippen molar-refractivity contribution in [3.8, 4) is 22.5 Å². The molecule has 0 aliphatic carbocycles. The number of aromatic amines is 1. The largest absolute Gasteiger partial charge is 0.444 e. The van der Waals surface area contributed by atoms with Crippen LogP contribution in [0.4, 0.5) is 4.79 Å². The molecule has 2 aromatic heterocycles. The lowest BCUT2D eigenvalue weighted by molar-refractivity contribution is 0.0204. The first-order valence-corrected chi connectivity index (χ1v) is 10.8. The van der Waals surface area contributed by atoms with Gasteiger partial charge in [-0.2, -0.15) is 5.10 Å². The van der Waals surface area contributed by atoms with Crippen molar-refractivity contribution in [2.24, 2.45) is 0 Å². The van der Waals surface area contributed by atoms with E-state index in [0.29, 0.717) is 18.1 Å². The number of piperidine rings is 1. The summed E-state index contributed by atoms with van der Waals surface area (Å²) in [6, 6.07) is 9.52. The van der Waals surface area contributed by atoms with Gasteiger partial charge in [0.2, 0.25) is 0 Å². The average Bonchev–Trinajstić information content (AvgIpc) is 3.19. The molecule has 1 fully saturated rings. The Labute approximate surface area is 186 Å². The molecule has 3 heterocycles. The number of hydrogen-bond acceptors (Lipinski definition) is 5.